The second-order valence-corrected chi connectivity index (χ2v) is 15.4. The van der Waals surface area contributed by atoms with Crippen molar-refractivity contribution in [1.82, 2.24) is 14.6 Å². The molecule has 8 nitrogen and oxygen atoms in total. The van der Waals surface area contributed by atoms with Crippen LogP contribution in [0.15, 0.2) is 53.4 Å². The molecule has 5 rings (SSSR count). The number of likely N-dealkylation sites (tertiary alicyclic amines) is 1. The molecule has 0 spiro atoms. The average Bonchev–Trinajstić information content (AvgIpc) is 3.40. The molecule has 44 heavy (non-hydrogen) atoms. The molecule has 1 atom stereocenters. The fraction of sp³-hybridized carbons (Fsp3) is 0.485. The molecule has 2 aliphatic rings. The second-order valence-electron chi connectivity index (χ2n) is 12.6. The van der Waals surface area contributed by atoms with Crippen LogP contribution >= 0.6 is 11.3 Å². The monoisotopic (exact) mass is 637 g/mol. The zero-order valence-corrected chi connectivity index (χ0v) is 26.9. The lowest BCUT2D eigenvalue weighted by molar-refractivity contribution is -0.134. The van der Waals surface area contributed by atoms with Gasteiger partial charge >= 0.3 is 0 Å². The molecular formula is C33H40FN5O3S2. The Labute approximate surface area is 263 Å². The van der Waals surface area contributed by atoms with Gasteiger partial charge in [-0.25, -0.2) is 13.4 Å². The highest BCUT2D eigenvalue weighted by atomic mass is 32.2. The fourth-order valence-electron chi connectivity index (χ4n) is 6.15. The van der Waals surface area contributed by atoms with Gasteiger partial charge in [-0.1, -0.05) is 38.1 Å². The van der Waals surface area contributed by atoms with Gasteiger partial charge in [0.15, 0.2) is 0 Å². The molecule has 2 aromatic carbocycles. The Morgan fingerprint density at radius 3 is 2.80 bits per heavy atom. The van der Waals surface area contributed by atoms with E-state index in [9.17, 15) is 17.6 Å². The molecule has 11 heteroatoms. The summed E-state index contributed by atoms with van der Waals surface area (Å²) in [5, 5.41) is 12.9. The summed E-state index contributed by atoms with van der Waals surface area (Å²) in [6.45, 7) is 5.47. The molecule has 234 valence electrons. The lowest BCUT2D eigenvalue weighted by Crippen LogP contribution is -2.51. The fourth-order valence-corrected chi connectivity index (χ4v) is 8.63. The average molecular weight is 638 g/mol. The second kappa shape index (κ2) is 13.8. The number of aryl methyl sites for hydroxylation is 1. The van der Waals surface area contributed by atoms with Gasteiger partial charge in [-0.15, -0.1) is 11.3 Å². The number of piperidine rings is 1. The van der Waals surface area contributed by atoms with Crippen LogP contribution in [0.3, 0.4) is 0 Å². The van der Waals surface area contributed by atoms with Gasteiger partial charge in [-0.2, -0.15) is 9.98 Å². The smallest absolute Gasteiger partial charge is 0.243 e. The van der Waals surface area contributed by atoms with Gasteiger partial charge < -0.3 is 10.2 Å². The first kappa shape index (κ1) is 32.1. The number of nitriles is 1. The van der Waals surface area contributed by atoms with Crippen molar-refractivity contribution >= 4 is 43.2 Å². The number of hydrogen-bond donors (Lipinski definition) is 2. The number of alkyl halides is 1. The number of allylic oxidation sites excluding steroid dienone is 2. The Morgan fingerprint density at radius 2 is 2.07 bits per heavy atom. The van der Waals surface area contributed by atoms with Gasteiger partial charge in [0, 0.05) is 32.1 Å². The maximum Gasteiger partial charge on any atom is 0.243 e. The molecule has 3 heterocycles. The third kappa shape index (κ3) is 7.65. The molecule has 0 unspecified atom stereocenters. The minimum absolute atomic E-state index is 0.0551. The van der Waals surface area contributed by atoms with E-state index in [4.69, 9.17) is 10.2 Å². The highest BCUT2D eigenvalue weighted by molar-refractivity contribution is 7.89. The summed E-state index contributed by atoms with van der Waals surface area (Å²) in [5.74, 6) is -0.0525. The summed E-state index contributed by atoms with van der Waals surface area (Å²) in [4.78, 5) is 20.5. The predicted octanol–water partition coefficient (Wildman–Crippen LogP) is 5.79. The van der Waals surface area contributed by atoms with E-state index >= 15 is 0 Å². The number of rotatable bonds is 11. The van der Waals surface area contributed by atoms with Crippen LogP contribution in [-0.4, -0.2) is 56.6 Å². The Bertz CT molecular complexity index is 1640. The van der Waals surface area contributed by atoms with Crippen molar-refractivity contribution in [2.45, 2.75) is 69.7 Å². The first-order valence-electron chi connectivity index (χ1n) is 15.2. The number of halogens is 1. The van der Waals surface area contributed by atoms with Gasteiger partial charge in [0.2, 0.25) is 15.9 Å². The van der Waals surface area contributed by atoms with Crippen molar-refractivity contribution in [1.29, 1.82) is 5.26 Å². The Balaban J connectivity index is 1.47. The number of thiazole rings is 1. The summed E-state index contributed by atoms with van der Waals surface area (Å²) in [7, 11) is -4.15. The summed E-state index contributed by atoms with van der Waals surface area (Å²) < 4.78 is 45.2. The van der Waals surface area contributed by atoms with Crippen LogP contribution in [0.2, 0.25) is 0 Å². The summed E-state index contributed by atoms with van der Waals surface area (Å²) in [5.41, 5.74) is 3.11. The van der Waals surface area contributed by atoms with E-state index < -0.39 is 16.1 Å². The molecule has 1 fully saturated rings. The molecule has 0 aliphatic carbocycles. The van der Waals surface area contributed by atoms with E-state index in [-0.39, 0.29) is 35.2 Å². The largest absolute Gasteiger partial charge is 0.383 e. The third-order valence-corrected chi connectivity index (χ3v) is 11.0. The van der Waals surface area contributed by atoms with Crippen LogP contribution in [0.25, 0.3) is 10.2 Å². The lowest BCUT2D eigenvalue weighted by Gasteiger charge is -2.35. The highest BCUT2D eigenvalue weighted by Crippen LogP contribution is 2.38. The topological polar surface area (TPSA) is 115 Å². The molecule has 2 N–H and O–H groups in total. The van der Waals surface area contributed by atoms with Crippen LogP contribution in [0.5, 0.6) is 0 Å². The van der Waals surface area contributed by atoms with E-state index in [2.05, 4.69) is 23.9 Å². The van der Waals surface area contributed by atoms with Gasteiger partial charge in [0.25, 0.3) is 0 Å². The van der Waals surface area contributed by atoms with Gasteiger partial charge in [-0.3, -0.25) is 9.18 Å². The number of aromatic nitrogens is 1. The molecule has 0 radical (unpaired) electrons. The first-order chi connectivity index (χ1) is 21.1. The van der Waals surface area contributed by atoms with Crippen LogP contribution in [0, 0.1) is 22.7 Å². The van der Waals surface area contributed by atoms with Crippen LogP contribution in [-0.2, 0) is 34.1 Å². The van der Waals surface area contributed by atoms with Crippen molar-refractivity contribution in [2.24, 2.45) is 11.3 Å². The molecule has 0 saturated carbocycles. The van der Waals surface area contributed by atoms with Crippen molar-refractivity contribution in [3.8, 4) is 6.07 Å². The predicted molar refractivity (Wildman–Crippen MR) is 173 cm³/mol. The quantitative estimate of drug-likeness (QED) is 0.257. The first-order valence-corrected chi connectivity index (χ1v) is 17.5. The molecular weight excluding hydrogens is 598 g/mol. The molecule has 0 bridgehead atoms. The number of carbonyl (C=O) groups is 1. The van der Waals surface area contributed by atoms with E-state index in [0.29, 0.717) is 68.9 Å². The molecule has 1 saturated heterocycles. The Morgan fingerprint density at radius 1 is 1.30 bits per heavy atom. The normalized spacial score (nSPS) is 17.7. The lowest BCUT2D eigenvalue weighted by atomic mass is 9.81. The number of amides is 1. The number of sulfonamides is 1. The van der Waals surface area contributed by atoms with Gasteiger partial charge in [0.1, 0.15) is 10.9 Å². The SMILES string of the molecule is CC1(C)CNc2c(cc(CCC=CC#N)cc2S(=O)(=O)N[C@@H](Cc2nc3ccccc3s2)C(=O)N2CCC(CCF)CC2)C1. The number of anilines is 1. The van der Waals surface area contributed by atoms with Crippen molar-refractivity contribution in [3.63, 3.8) is 0 Å². The number of nitrogens with one attached hydrogen (secondary N) is 2. The molecule has 1 aromatic heterocycles. The number of nitrogens with zero attached hydrogens (tertiary/aromatic N) is 3. The number of para-hydroxylation sites is 1. The summed E-state index contributed by atoms with van der Waals surface area (Å²) >= 11 is 1.46. The van der Waals surface area contributed by atoms with E-state index in [1.165, 1.54) is 17.4 Å². The van der Waals surface area contributed by atoms with Crippen LogP contribution in [0.1, 0.15) is 55.7 Å². The van der Waals surface area contributed by atoms with Crippen LogP contribution < -0.4 is 10.0 Å². The van der Waals surface area contributed by atoms with Crippen molar-refractivity contribution < 1.29 is 17.6 Å². The summed E-state index contributed by atoms with van der Waals surface area (Å²) in [6, 6.07) is 12.4. The Hall–Kier alpha value is -3.33. The number of carbonyl (C=O) groups excluding carboxylic acids is 1. The molecule has 1 amide bonds. The summed E-state index contributed by atoms with van der Waals surface area (Å²) in [6.07, 6.45) is 7.12. The van der Waals surface area contributed by atoms with Crippen molar-refractivity contribution in [2.75, 3.05) is 31.6 Å². The maximum absolute atomic E-state index is 14.3. The third-order valence-electron chi connectivity index (χ3n) is 8.49. The van der Waals surface area contributed by atoms with Crippen LogP contribution in [0.4, 0.5) is 10.1 Å². The van der Waals surface area contributed by atoms with Gasteiger partial charge in [-0.05, 0) is 79.2 Å². The zero-order chi connectivity index (χ0) is 31.3. The zero-order valence-electron chi connectivity index (χ0n) is 25.3. The minimum atomic E-state index is -4.15. The Kier molecular flexibility index (Phi) is 10.0. The minimum Gasteiger partial charge on any atom is -0.383 e. The van der Waals surface area contributed by atoms with Gasteiger partial charge in [0.05, 0.1) is 33.7 Å². The number of benzene rings is 2. The highest BCUT2D eigenvalue weighted by Gasteiger charge is 2.35. The number of hydrogen-bond acceptors (Lipinski definition) is 7. The number of fused-ring (bicyclic) bond motifs is 2. The maximum atomic E-state index is 14.3. The molecule has 3 aromatic rings. The van der Waals surface area contributed by atoms with E-state index in [1.807, 2.05) is 36.4 Å². The standard InChI is InChI=1S/C33H40FN5O3S2/c1-33(2)21-25-18-24(8-4-3-7-15-35)19-29(31(25)36-22-33)44(41,42)38-27(20-30-37-26-9-5-6-10-28(26)43-30)32(40)39-16-12-23(11-14-34)13-17-39/h3,5-7,9-10,18-19,23,27,36,38H,4,8,11-14,16-17,20-22H2,1-2H3/t27-/m0/s1. The molecule has 2 aliphatic heterocycles. The van der Waals surface area contributed by atoms with E-state index in [1.54, 1.807) is 17.0 Å². The van der Waals surface area contributed by atoms with Crippen molar-refractivity contribution in [3.05, 3.63) is 64.7 Å². The van der Waals surface area contributed by atoms with E-state index in [0.717, 1.165) is 21.3 Å².